The number of piperidine rings is 1. The number of nitrogens with two attached hydrogens (primary N) is 2. The molecule has 1 aromatic carbocycles. The minimum Gasteiger partial charge on any atom is -0.390 e. The zero-order chi connectivity index (χ0) is 21.6. The Hall–Kier alpha value is -2.95. The second-order valence-electron chi connectivity index (χ2n) is 9.01. The summed E-state index contributed by atoms with van der Waals surface area (Å²) in [6.07, 6.45) is 5.34. The molecule has 7 heteroatoms. The number of carbonyl (C=O) groups is 1. The molecular weight excluding hydrogens is 390 g/mol. The highest BCUT2D eigenvalue weighted by Crippen LogP contribution is 2.51. The molecule has 1 spiro atoms. The van der Waals surface area contributed by atoms with Crippen LogP contribution in [0.2, 0.25) is 0 Å². The van der Waals surface area contributed by atoms with Crippen molar-refractivity contribution in [2.24, 2.45) is 28.7 Å². The van der Waals surface area contributed by atoms with Crippen molar-refractivity contribution in [3.8, 4) is 11.8 Å². The summed E-state index contributed by atoms with van der Waals surface area (Å²) < 4.78 is 0. The molecule has 7 nitrogen and oxygen atoms in total. The van der Waals surface area contributed by atoms with Crippen LogP contribution < -0.4 is 16.4 Å². The molecule has 2 unspecified atom stereocenters. The summed E-state index contributed by atoms with van der Waals surface area (Å²) in [6.45, 7) is 1.46. The molecule has 31 heavy (non-hydrogen) atoms. The van der Waals surface area contributed by atoms with E-state index in [1.54, 1.807) is 6.20 Å². The maximum absolute atomic E-state index is 11.2. The Morgan fingerprint density at radius 2 is 2.06 bits per heavy atom. The van der Waals surface area contributed by atoms with E-state index in [0.29, 0.717) is 23.6 Å². The molecule has 3 atom stereocenters. The van der Waals surface area contributed by atoms with Crippen molar-refractivity contribution < 1.29 is 9.90 Å². The zero-order valence-corrected chi connectivity index (χ0v) is 17.4. The van der Waals surface area contributed by atoms with Gasteiger partial charge in [0, 0.05) is 25.0 Å². The Bertz CT molecular complexity index is 1080. The summed E-state index contributed by atoms with van der Waals surface area (Å²) in [5, 5.41) is 9.88. The normalized spacial score (nSPS) is 25.6. The van der Waals surface area contributed by atoms with Crippen LogP contribution in [-0.4, -0.2) is 34.1 Å². The van der Waals surface area contributed by atoms with Crippen LogP contribution in [0.3, 0.4) is 0 Å². The first kappa shape index (κ1) is 20.0. The molecule has 1 amide bonds. The van der Waals surface area contributed by atoms with E-state index in [4.69, 9.17) is 11.5 Å². The van der Waals surface area contributed by atoms with Crippen LogP contribution in [0.25, 0.3) is 0 Å². The van der Waals surface area contributed by atoms with Gasteiger partial charge in [-0.05, 0) is 48.1 Å². The first-order chi connectivity index (χ1) is 15.0. The van der Waals surface area contributed by atoms with Crippen molar-refractivity contribution in [1.82, 2.24) is 9.97 Å². The van der Waals surface area contributed by atoms with Crippen LogP contribution in [0.15, 0.2) is 30.5 Å². The Kier molecular flexibility index (Phi) is 4.92. The van der Waals surface area contributed by atoms with Gasteiger partial charge in [0.05, 0.1) is 18.7 Å². The van der Waals surface area contributed by atoms with E-state index in [9.17, 15) is 9.90 Å². The van der Waals surface area contributed by atoms with Gasteiger partial charge in [-0.3, -0.25) is 4.79 Å². The highest BCUT2D eigenvalue weighted by molar-refractivity contribution is 5.80. The van der Waals surface area contributed by atoms with Crippen molar-refractivity contribution in [3.05, 3.63) is 53.0 Å². The second-order valence-corrected chi connectivity index (χ2v) is 9.01. The number of primary amides is 1. The molecule has 0 bridgehead atoms. The standard InChI is InChI=1S/C24H27N5O2/c25-21-18-4-2-1-3-16(18)12-24(21)7-9-29(10-8-24)23-20(14-30)28-17(13-27-23)6-5-15-11-19(15)22(26)31/h1-4,13,15,19,21,30H,7-12,14,25H2,(H2,26,31)/t15?,19?,21-/m1/s1. The number of rotatable bonds is 3. The lowest BCUT2D eigenvalue weighted by Gasteiger charge is -2.42. The van der Waals surface area contributed by atoms with Gasteiger partial charge in [0.1, 0.15) is 11.4 Å². The highest BCUT2D eigenvalue weighted by Gasteiger charge is 2.46. The SMILES string of the molecule is NC(=O)C1CC1C#Cc1cnc(N2CCC3(CC2)Cc2ccccc2[C@H]3N)c(CO)n1. The number of nitrogens with zero attached hydrogens (tertiary/aromatic N) is 3. The third kappa shape index (κ3) is 3.56. The van der Waals surface area contributed by atoms with Crippen LogP contribution in [0, 0.1) is 29.1 Å². The molecule has 2 heterocycles. The quantitative estimate of drug-likeness (QED) is 0.648. The van der Waals surface area contributed by atoms with Gasteiger partial charge >= 0.3 is 0 Å². The molecule has 2 fully saturated rings. The van der Waals surface area contributed by atoms with Gasteiger partial charge in [0.2, 0.25) is 5.91 Å². The predicted molar refractivity (Wildman–Crippen MR) is 117 cm³/mol. The van der Waals surface area contributed by atoms with Crippen molar-refractivity contribution in [3.63, 3.8) is 0 Å². The average Bonchev–Trinajstić information content (AvgIpc) is 3.53. The maximum Gasteiger partial charge on any atom is 0.221 e. The molecule has 160 valence electrons. The lowest BCUT2D eigenvalue weighted by molar-refractivity contribution is -0.119. The van der Waals surface area contributed by atoms with Gasteiger partial charge in [-0.1, -0.05) is 30.2 Å². The van der Waals surface area contributed by atoms with Gasteiger partial charge in [-0.25, -0.2) is 9.97 Å². The van der Waals surface area contributed by atoms with Gasteiger partial charge in [0.25, 0.3) is 0 Å². The lowest BCUT2D eigenvalue weighted by Crippen LogP contribution is -2.45. The molecule has 1 saturated carbocycles. The van der Waals surface area contributed by atoms with Crippen LogP contribution >= 0.6 is 0 Å². The number of fused-ring (bicyclic) bond motifs is 1. The third-order valence-corrected chi connectivity index (χ3v) is 7.17. The molecular formula is C24H27N5O2. The van der Waals surface area contributed by atoms with Crippen LogP contribution in [0.4, 0.5) is 5.82 Å². The van der Waals surface area contributed by atoms with E-state index in [1.807, 2.05) is 0 Å². The van der Waals surface area contributed by atoms with Crippen LogP contribution in [0.1, 0.15) is 47.8 Å². The Morgan fingerprint density at radius 3 is 2.74 bits per heavy atom. The maximum atomic E-state index is 11.2. The molecule has 1 aliphatic heterocycles. The summed E-state index contributed by atoms with van der Waals surface area (Å²) in [5.74, 6) is 6.29. The van der Waals surface area contributed by atoms with Gasteiger partial charge in [0.15, 0.2) is 5.82 Å². The predicted octanol–water partition coefficient (Wildman–Crippen LogP) is 1.28. The van der Waals surface area contributed by atoms with Gasteiger partial charge < -0.3 is 21.5 Å². The molecule has 5 N–H and O–H groups in total. The molecule has 1 saturated heterocycles. The smallest absolute Gasteiger partial charge is 0.221 e. The summed E-state index contributed by atoms with van der Waals surface area (Å²) in [5.41, 5.74) is 15.8. The molecule has 0 radical (unpaired) electrons. The van der Waals surface area contributed by atoms with Crippen LogP contribution in [0.5, 0.6) is 0 Å². The number of hydrogen-bond acceptors (Lipinski definition) is 6. The number of aliphatic hydroxyl groups excluding tert-OH is 1. The second kappa shape index (κ2) is 7.63. The Labute approximate surface area is 181 Å². The van der Waals surface area contributed by atoms with Gasteiger partial charge in [-0.2, -0.15) is 0 Å². The van der Waals surface area contributed by atoms with E-state index in [1.165, 1.54) is 11.1 Å². The fraction of sp³-hybridized carbons (Fsp3) is 0.458. The summed E-state index contributed by atoms with van der Waals surface area (Å²) in [7, 11) is 0. The van der Waals surface area contributed by atoms with Crippen molar-refractivity contribution in [2.45, 2.75) is 38.3 Å². The van der Waals surface area contributed by atoms with E-state index >= 15 is 0 Å². The van der Waals surface area contributed by atoms with E-state index in [2.05, 4.69) is 51.0 Å². The molecule has 2 aromatic rings. The molecule has 5 rings (SSSR count). The number of aromatic nitrogens is 2. The van der Waals surface area contributed by atoms with E-state index < -0.39 is 0 Å². The summed E-state index contributed by atoms with van der Waals surface area (Å²) >= 11 is 0. The number of carbonyl (C=O) groups excluding carboxylic acids is 1. The van der Waals surface area contributed by atoms with Crippen molar-refractivity contribution >= 4 is 11.7 Å². The number of anilines is 1. The molecule has 1 aromatic heterocycles. The number of hydrogen-bond donors (Lipinski definition) is 3. The van der Waals surface area contributed by atoms with E-state index in [-0.39, 0.29) is 35.8 Å². The highest BCUT2D eigenvalue weighted by atomic mass is 16.3. The third-order valence-electron chi connectivity index (χ3n) is 7.17. The topological polar surface area (TPSA) is 118 Å². The lowest BCUT2D eigenvalue weighted by atomic mass is 9.73. The largest absolute Gasteiger partial charge is 0.390 e. The summed E-state index contributed by atoms with van der Waals surface area (Å²) in [4.78, 5) is 22.4. The average molecular weight is 418 g/mol. The summed E-state index contributed by atoms with van der Waals surface area (Å²) in [6, 6.07) is 8.57. The van der Waals surface area contributed by atoms with Crippen molar-refractivity contribution in [1.29, 1.82) is 0 Å². The fourth-order valence-electron chi connectivity index (χ4n) is 5.16. The van der Waals surface area contributed by atoms with E-state index in [0.717, 1.165) is 32.4 Å². The Morgan fingerprint density at radius 1 is 1.29 bits per heavy atom. The minimum absolute atomic E-state index is 0.00887. The molecule has 2 aliphatic carbocycles. The van der Waals surface area contributed by atoms with Crippen LogP contribution in [-0.2, 0) is 17.8 Å². The first-order valence-electron chi connectivity index (χ1n) is 10.9. The monoisotopic (exact) mass is 417 g/mol. The van der Waals surface area contributed by atoms with Crippen molar-refractivity contribution in [2.75, 3.05) is 18.0 Å². The number of benzene rings is 1. The zero-order valence-electron chi connectivity index (χ0n) is 17.4. The number of amides is 1. The fourth-order valence-corrected chi connectivity index (χ4v) is 5.16. The minimum atomic E-state index is -0.301. The van der Waals surface area contributed by atoms with Gasteiger partial charge in [-0.15, -0.1) is 0 Å². The molecule has 3 aliphatic rings. The first-order valence-corrected chi connectivity index (χ1v) is 10.9. The number of aliphatic hydroxyl groups is 1. The Balaban J connectivity index is 1.29.